The van der Waals surface area contributed by atoms with Gasteiger partial charge in [0, 0.05) is 11.8 Å². The Morgan fingerprint density at radius 1 is 0.630 bits per heavy atom. The third kappa shape index (κ3) is 3.83. The molecule has 0 saturated heterocycles. The Morgan fingerprint density at radius 3 is 1.81 bits per heavy atom. The van der Waals surface area contributed by atoms with Gasteiger partial charge in [-0.1, -0.05) is 102 Å². The van der Waals surface area contributed by atoms with Crippen LogP contribution in [0.3, 0.4) is 0 Å². The SMILES string of the molecule is Cc1ccc(C(N=Cc2cccc3ccccc23)c2ccc(C)cc2)cc1. The predicted octanol–water partition coefficient (Wildman–Crippen LogP) is 6.67. The van der Waals surface area contributed by atoms with Crippen LogP contribution in [-0.4, -0.2) is 6.21 Å². The van der Waals surface area contributed by atoms with Gasteiger partial charge in [-0.3, -0.25) is 4.99 Å². The predicted molar refractivity (Wildman–Crippen MR) is 116 cm³/mol. The third-order valence-corrected chi connectivity index (χ3v) is 4.97. The van der Waals surface area contributed by atoms with Crippen LogP contribution in [0, 0.1) is 13.8 Å². The first-order valence-electron chi connectivity index (χ1n) is 9.35. The summed E-state index contributed by atoms with van der Waals surface area (Å²) in [5.74, 6) is 0. The largest absolute Gasteiger partial charge is 0.280 e. The van der Waals surface area contributed by atoms with E-state index in [0.29, 0.717) is 0 Å². The van der Waals surface area contributed by atoms with Gasteiger partial charge >= 0.3 is 0 Å². The molecule has 0 N–H and O–H groups in total. The third-order valence-electron chi connectivity index (χ3n) is 4.97. The summed E-state index contributed by atoms with van der Waals surface area (Å²) in [6, 6.07) is 32.2. The van der Waals surface area contributed by atoms with E-state index in [2.05, 4.69) is 105 Å². The summed E-state index contributed by atoms with van der Waals surface area (Å²) in [6.07, 6.45) is 2.02. The van der Waals surface area contributed by atoms with Crippen LogP contribution in [0.1, 0.15) is 33.9 Å². The number of rotatable bonds is 4. The molecule has 0 aliphatic carbocycles. The van der Waals surface area contributed by atoms with Crippen molar-refractivity contribution in [1.82, 2.24) is 0 Å². The molecule has 1 heteroatoms. The van der Waals surface area contributed by atoms with E-state index in [-0.39, 0.29) is 6.04 Å². The molecule has 4 aromatic carbocycles. The lowest BCUT2D eigenvalue weighted by atomic mass is 9.97. The minimum atomic E-state index is -0.00910. The maximum atomic E-state index is 5.02. The van der Waals surface area contributed by atoms with E-state index in [1.54, 1.807) is 0 Å². The van der Waals surface area contributed by atoms with E-state index in [4.69, 9.17) is 4.99 Å². The van der Waals surface area contributed by atoms with Crippen molar-refractivity contribution in [2.45, 2.75) is 19.9 Å². The van der Waals surface area contributed by atoms with Crippen molar-refractivity contribution in [3.63, 3.8) is 0 Å². The zero-order chi connectivity index (χ0) is 18.6. The standard InChI is InChI=1S/C26H23N/c1-19-10-14-22(15-11-19)26(23-16-12-20(2)13-17-23)27-18-24-8-5-7-21-6-3-4-9-25(21)24/h3-18,26H,1-2H3. The number of benzene rings is 4. The second-order valence-corrected chi connectivity index (χ2v) is 7.07. The van der Waals surface area contributed by atoms with Crippen LogP contribution < -0.4 is 0 Å². The Hall–Kier alpha value is -3.19. The summed E-state index contributed by atoms with van der Waals surface area (Å²) in [7, 11) is 0. The Bertz CT molecular complexity index is 1020. The highest BCUT2D eigenvalue weighted by atomic mass is 14.8. The van der Waals surface area contributed by atoms with Crippen molar-refractivity contribution < 1.29 is 0 Å². The van der Waals surface area contributed by atoms with Crippen molar-refractivity contribution >= 4 is 17.0 Å². The Balaban J connectivity index is 1.77. The number of hydrogen-bond donors (Lipinski definition) is 0. The molecule has 0 aliphatic heterocycles. The Labute approximate surface area is 161 Å². The first-order chi connectivity index (χ1) is 13.2. The van der Waals surface area contributed by atoms with Crippen molar-refractivity contribution in [2.24, 2.45) is 4.99 Å². The fourth-order valence-electron chi connectivity index (χ4n) is 3.38. The number of nitrogens with zero attached hydrogens (tertiary/aromatic N) is 1. The second-order valence-electron chi connectivity index (χ2n) is 7.07. The topological polar surface area (TPSA) is 12.4 Å². The van der Waals surface area contributed by atoms with Crippen molar-refractivity contribution in [3.05, 3.63) is 119 Å². The smallest absolute Gasteiger partial charge is 0.0999 e. The van der Waals surface area contributed by atoms with Gasteiger partial charge in [-0.25, -0.2) is 0 Å². The molecule has 0 amide bonds. The molecule has 0 unspecified atom stereocenters. The molecular formula is C26H23N. The van der Waals surface area contributed by atoms with Crippen molar-refractivity contribution in [1.29, 1.82) is 0 Å². The van der Waals surface area contributed by atoms with Crippen LogP contribution in [0.15, 0.2) is 96.0 Å². The molecule has 27 heavy (non-hydrogen) atoms. The number of fused-ring (bicyclic) bond motifs is 1. The first kappa shape index (κ1) is 17.2. The van der Waals surface area contributed by atoms with Gasteiger partial charge in [0.1, 0.15) is 0 Å². The van der Waals surface area contributed by atoms with Crippen LogP contribution in [0.5, 0.6) is 0 Å². The van der Waals surface area contributed by atoms with Crippen LogP contribution in [0.25, 0.3) is 10.8 Å². The number of aryl methyl sites for hydroxylation is 2. The zero-order valence-electron chi connectivity index (χ0n) is 15.8. The fourth-order valence-corrected chi connectivity index (χ4v) is 3.38. The fraction of sp³-hybridized carbons (Fsp3) is 0.115. The monoisotopic (exact) mass is 349 g/mol. The maximum absolute atomic E-state index is 5.02. The molecule has 0 saturated carbocycles. The van der Waals surface area contributed by atoms with Crippen molar-refractivity contribution in [3.8, 4) is 0 Å². The lowest BCUT2D eigenvalue weighted by Gasteiger charge is -2.14. The molecule has 4 rings (SSSR count). The minimum Gasteiger partial charge on any atom is -0.280 e. The van der Waals surface area contributed by atoms with Crippen LogP contribution in [0.2, 0.25) is 0 Å². The minimum absolute atomic E-state index is 0.00910. The van der Waals surface area contributed by atoms with Gasteiger partial charge in [0.15, 0.2) is 0 Å². The molecule has 0 spiro atoms. The van der Waals surface area contributed by atoms with E-state index in [1.807, 2.05) is 6.21 Å². The average Bonchev–Trinajstić information content (AvgIpc) is 2.71. The Morgan fingerprint density at radius 2 is 1.19 bits per heavy atom. The van der Waals surface area contributed by atoms with E-state index in [0.717, 1.165) is 5.56 Å². The van der Waals surface area contributed by atoms with E-state index in [1.165, 1.54) is 33.0 Å². The molecule has 4 aromatic rings. The number of hydrogen-bond acceptors (Lipinski definition) is 1. The molecule has 0 radical (unpaired) electrons. The average molecular weight is 349 g/mol. The maximum Gasteiger partial charge on any atom is 0.0999 e. The van der Waals surface area contributed by atoms with Gasteiger partial charge in [-0.15, -0.1) is 0 Å². The number of aliphatic imine (C=N–C) groups is 1. The first-order valence-corrected chi connectivity index (χ1v) is 9.35. The second kappa shape index (κ2) is 7.59. The Kier molecular flexibility index (Phi) is 4.84. The summed E-state index contributed by atoms with van der Waals surface area (Å²) in [5.41, 5.74) is 6.10. The summed E-state index contributed by atoms with van der Waals surface area (Å²) >= 11 is 0. The van der Waals surface area contributed by atoms with Crippen LogP contribution >= 0.6 is 0 Å². The van der Waals surface area contributed by atoms with Crippen LogP contribution in [-0.2, 0) is 0 Å². The lowest BCUT2D eigenvalue weighted by Crippen LogP contribution is -1.99. The summed E-state index contributed by atoms with van der Waals surface area (Å²) in [5, 5.41) is 2.47. The van der Waals surface area contributed by atoms with E-state index < -0.39 is 0 Å². The van der Waals surface area contributed by atoms with E-state index >= 15 is 0 Å². The zero-order valence-corrected chi connectivity index (χ0v) is 15.8. The summed E-state index contributed by atoms with van der Waals surface area (Å²) in [4.78, 5) is 5.02. The van der Waals surface area contributed by atoms with Gasteiger partial charge in [0.25, 0.3) is 0 Å². The molecule has 0 atom stereocenters. The highest BCUT2D eigenvalue weighted by Gasteiger charge is 2.12. The molecule has 0 aromatic heterocycles. The van der Waals surface area contributed by atoms with Gasteiger partial charge < -0.3 is 0 Å². The van der Waals surface area contributed by atoms with Gasteiger partial charge in [0.2, 0.25) is 0 Å². The normalized spacial score (nSPS) is 11.5. The van der Waals surface area contributed by atoms with Gasteiger partial charge in [-0.2, -0.15) is 0 Å². The van der Waals surface area contributed by atoms with Gasteiger partial charge in [-0.05, 0) is 35.7 Å². The highest BCUT2D eigenvalue weighted by Crippen LogP contribution is 2.27. The summed E-state index contributed by atoms with van der Waals surface area (Å²) < 4.78 is 0. The van der Waals surface area contributed by atoms with Crippen LogP contribution in [0.4, 0.5) is 0 Å². The lowest BCUT2D eigenvalue weighted by molar-refractivity contribution is 0.877. The molecule has 132 valence electrons. The van der Waals surface area contributed by atoms with Crippen molar-refractivity contribution in [2.75, 3.05) is 0 Å². The van der Waals surface area contributed by atoms with E-state index in [9.17, 15) is 0 Å². The molecule has 0 bridgehead atoms. The molecular weight excluding hydrogens is 326 g/mol. The molecule has 0 fully saturated rings. The molecule has 1 nitrogen and oxygen atoms in total. The molecule has 0 heterocycles. The molecule has 0 aliphatic rings. The quantitative estimate of drug-likeness (QED) is 0.365. The highest BCUT2D eigenvalue weighted by molar-refractivity contribution is 5.99. The summed E-state index contributed by atoms with van der Waals surface area (Å²) in [6.45, 7) is 4.23. The van der Waals surface area contributed by atoms with Gasteiger partial charge in [0.05, 0.1) is 6.04 Å².